The number of aromatic nitrogens is 1. The fourth-order valence-corrected chi connectivity index (χ4v) is 3.14. The lowest BCUT2D eigenvalue weighted by molar-refractivity contribution is -0.123. The van der Waals surface area contributed by atoms with E-state index < -0.39 is 18.0 Å². The van der Waals surface area contributed by atoms with Gasteiger partial charge in [0.25, 0.3) is 5.91 Å². The Bertz CT molecular complexity index is 1060. The number of nitrogens with one attached hydrogen (secondary N) is 1. The first kappa shape index (κ1) is 21.0. The number of nitrogens with zero attached hydrogens (tertiary/aromatic N) is 1. The summed E-state index contributed by atoms with van der Waals surface area (Å²) in [4.78, 5) is 36.1. The van der Waals surface area contributed by atoms with Crippen molar-refractivity contribution in [1.29, 1.82) is 0 Å². The molecular weight excluding hydrogens is 380 g/mol. The highest BCUT2D eigenvalue weighted by atomic mass is 16.5. The molecule has 0 aliphatic carbocycles. The molecule has 1 aromatic heterocycles. The third-order valence-corrected chi connectivity index (χ3v) is 4.84. The van der Waals surface area contributed by atoms with Gasteiger partial charge in [-0.3, -0.25) is 9.59 Å². The number of ketones is 1. The van der Waals surface area contributed by atoms with E-state index in [-0.39, 0.29) is 5.78 Å². The van der Waals surface area contributed by atoms with Gasteiger partial charge in [0.05, 0.1) is 5.56 Å². The molecule has 1 atom stereocenters. The van der Waals surface area contributed by atoms with Crippen molar-refractivity contribution in [2.24, 2.45) is 0 Å². The Morgan fingerprint density at radius 1 is 0.833 bits per heavy atom. The number of ether oxygens (including phenoxy) is 1. The smallest absolute Gasteiger partial charge is 0.338 e. The normalized spacial score (nSPS) is 11.6. The minimum atomic E-state index is -0.974. The minimum Gasteiger partial charge on any atom is -0.449 e. The van der Waals surface area contributed by atoms with Gasteiger partial charge in [-0.1, -0.05) is 0 Å². The molecule has 30 heavy (non-hydrogen) atoms. The largest absolute Gasteiger partial charge is 0.449 e. The fraction of sp³-hybridized carbons (Fsp3) is 0.208. The Hall–Kier alpha value is -3.67. The Kier molecular flexibility index (Phi) is 6.16. The highest BCUT2D eigenvalue weighted by Crippen LogP contribution is 2.18. The first-order valence-electron chi connectivity index (χ1n) is 9.64. The molecule has 6 heteroatoms. The zero-order chi connectivity index (χ0) is 21.8. The third-order valence-electron chi connectivity index (χ3n) is 4.84. The van der Waals surface area contributed by atoms with Crippen LogP contribution in [0.2, 0.25) is 0 Å². The quantitative estimate of drug-likeness (QED) is 0.485. The summed E-state index contributed by atoms with van der Waals surface area (Å²) >= 11 is 0. The van der Waals surface area contributed by atoms with Crippen LogP contribution in [0.15, 0.2) is 60.7 Å². The molecule has 0 bridgehead atoms. The molecule has 0 aliphatic rings. The topological polar surface area (TPSA) is 77.4 Å². The van der Waals surface area contributed by atoms with Crippen molar-refractivity contribution in [3.05, 3.63) is 83.2 Å². The lowest BCUT2D eigenvalue weighted by Crippen LogP contribution is -2.30. The standard InChI is InChI=1S/C24H24N2O4/c1-15-5-6-16(2)26(15)22-13-9-20(10-14-22)24(29)30-18(4)23(28)25-21-11-7-19(8-12-21)17(3)27/h5-14,18H,1-4H3,(H,25,28)/t18-/m0/s1. The number of amides is 1. The average Bonchev–Trinajstić information content (AvgIpc) is 3.06. The summed E-state index contributed by atoms with van der Waals surface area (Å²) in [5, 5.41) is 2.67. The van der Waals surface area contributed by atoms with E-state index >= 15 is 0 Å². The molecule has 0 unspecified atom stereocenters. The SMILES string of the molecule is CC(=O)c1ccc(NC(=O)[C@H](C)OC(=O)c2ccc(-n3c(C)ccc3C)cc2)cc1. The summed E-state index contributed by atoms with van der Waals surface area (Å²) < 4.78 is 7.38. The summed E-state index contributed by atoms with van der Waals surface area (Å²) in [7, 11) is 0. The second-order valence-corrected chi connectivity index (χ2v) is 7.17. The Morgan fingerprint density at radius 3 is 1.90 bits per heavy atom. The predicted molar refractivity (Wildman–Crippen MR) is 115 cm³/mol. The van der Waals surface area contributed by atoms with Gasteiger partial charge in [-0.15, -0.1) is 0 Å². The zero-order valence-electron chi connectivity index (χ0n) is 17.4. The molecule has 1 amide bonds. The van der Waals surface area contributed by atoms with Crippen LogP contribution in [0, 0.1) is 13.8 Å². The van der Waals surface area contributed by atoms with Gasteiger partial charge in [0.2, 0.25) is 0 Å². The van der Waals surface area contributed by atoms with Crippen molar-refractivity contribution in [3.8, 4) is 5.69 Å². The number of esters is 1. The van der Waals surface area contributed by atoms with Gasteiger partial charge in [0.15, 0.2) is 11.9 Å². The van der Waals surface area contributed by atoms with Crippen LogP contribution in [0.25, 0.3) is 5.69 Å². The lowest BCUT2D eigenvalue weighted by atomic mass is 10.1. The van der Waals surface area contributed by atoms with Crippen LogP contribution in [0.3, 0.4) is 0 Å². The van der Waals surface area contributed by atoms with Crippen molar-refractivity contribution in [2.45, 2.75) is 33.8 Å². The van der Waals surface area contributed by atoms with Gasteiger partial charge < -0.3 is 14.6 Å². The van der Waals surface area contributed by atoms with Gasteiger partial charge in [-0.05, 0) is 88.4 Å². The summed E-state index contributed by atoms with van der Waals surface area (Å²) in [6, 6.07) is 17.6. The van der Waals surface area contributed by atoms with E-state index in [0.29, 0.717) is 16.8 Å². The molecule has 154 valence electrons. The summed E-state index contributed by atoms with van der Waals surface area (Å²) in [5.41, 5.74) is 4.60. The highest BCUT2D eigenvalue weighted by Gasteiger charge is 2.19. The van der Waals surface area contributed by atoms with Crippen molar-refractivity contribution >= 4 is 23.3 Å². The fourth-order valence-electron chi connectivity index (χ4n) is 3.14. The molecule has 1 N–H and O–H groups in total. The van der Waals surface area contributed by atoms with E-state index in [1.165, 1.54) is 13.8 Å². The number of hydrogen-bond donors (Lipinski definition) is 1. The van der Waals surface area contributed by atoms with Gasteiger partial charge >= 0.3 is 5.97 Å². The Morgan fingerprint density at radius 2 is 1.37 bits per heavy atom. The van der Waals surface area contributed by atoms with Crippen LogP contribution in [-0.2, 0) is 9.53 Å². The van der Waals surface area contributed by atoms with E-state index in [2.05, 4.69) is 9.88 Å². The Labute approximate surface area is 175 Å². The molecular formula is C24H24N2O4. The maximum atomic E-state index is 12.4. The van der Waals surface area contributed by atoms with Crippen molar-refractivity contribution in [2.75, 3.05) is 5.32 Å². The van der Waals surface area contributed by atoms with Crippen LogP contribution in [0.4, 0.5) is 5.69 Å². The number of Topliss-reactive ketones (excluding diaryl/α,β-unsaturated/α-hetero) is 1. The van der Waals surface area contributed by atoms with Gasteiger partial charge in [0.1, 0.15) is 0 Å². The molecule has 0 aliphatic heterocycles. The molecule has 6 nitrogen and oxygen atoms in total. The van der Waals surface area contributed by atoms with E-state index in [4.69, 9.17) is 4.74 Å². The zero-order valence-corrected chi connectivity index (χ0v) is 17.4. The maximum Gasteiger partial charge on any atom is 0.338 e. The maximum absolute atomic E-state index is 12.4. The molecule has 1 heterocycles. The molecule has 0 spiro atoms. The number of carbonyl (C=O) groups excluding carboxylic acids is 3. The van der Waals surface area contributed by atoms with Gasteiger partial charge in [-0.2, -0.15) is 0 Å². The van der Waals surface area contributed by atoms with E-state index in [1.54, 1.807) is 36.4 Å². The van der Waals surface area contributed by atoms with Gasteiger partial charge in [-0.25, -0.2) is 4.79 Å². The highest BCUT2D eigenvalue weighted by molar-refractivity contribution is 5.98. The van der Waals surface area contributed by atoms with Crippen LogP contribution < -0.4 is 5.32 Å². The predicted octanol–water partition coefficient (Wildman–Crippen LogP) is 4.48. The molecule has 3 aromatic rings. The minimum absolute atomic E-state index is 0.0525. The van der Waals surface area contributed by atoms with Crippen LogP contribution in [0.5, 0.6) is 0 Å². The monoisotopic (exact) mass is 404 g/mol. The van der Waals surface area contributed by atoms with E-state index in [9.17, 15) is 14.4 Å². The molecule has 3 rings (SSSR count). The van der Waals surface area contributed by atoms with Crippen molar-refractivity contribution < 1.29 is 19.1 Å². The second kappa shape index (κ2) is 8.78. The second-order valence-electron chi connectivity index (χ2n) is 7.17. The number of anilines is 1. The number of carbonyl (C=O) groups is 3. The third kappa shape index (κ3) is 4.66. The molecule has 0 saturated heterocycles. The number of rotatable bonds is 6. The molecule has 0 saturated carbocycles. The van der Waals surface area contributed by atoms with Crippen LogP contribution >= 0.6 is 0 Å². The summed E-state index contributed by atoms with van der Waals surface area (Å²) in [6.07, 6.45) is -0.974. The average molecular weight is 404 g/mol. The summed E-state index contributed by atoms with van der Waals surface area (Å²) in [6.45, 7) is 7.02. The van der Waals surface area contributed by atoms with Crippen LogP contribution in [-0.4, -0.2) is 28.3 Å². The number of benzene rings is 2. The van der Waals surface area contributed by atoms with E-state index in [0.717, 1.165) is 17.1 Å². The van der Waals surface area contributed by atoms with Crippen LogP contribution in [0.1, 0.15) is 46.0 Å². The summed E-state index contributed by atoms with van der Waals surface area (Å²) in [5.74, 6) is -1.07. The molecule has 2 aromatic carbocycles. The van der Waals surface area contributed by atoms with Gasteiger partial charge in [0, 0.05) is 28.3 Å². The van der Waals surface area contributed by atoms with E-state index in [1.807, 2.05) is 38.1 Å². The molecule has 0 radical (unpaired) electrons. The lowest BCUT2D eigenvalue weighted by Gasteiger charge is -2.14. The first-order chi connectivity index (χ1) is 14.3. The number of hydrogen-bond acceptors (Lipinski definition) is 4. The Balaban J connectivity index is 1.62. The van der Waals surface area contributed by atoms with Crippen molar-refractivity contribution in [3.63, 3.8) is 0 Å². The van der Waals surface area contributed by atoms with Crippen molar-refractivity contribution in [1.82, 2.24) is 4.57 Å². The molecule has 0 fully saturated rings. The number of aryl methyl sites for hydroxylation is 2. The first-order valence-corrected chi connectivity index (χ1v) is 9.64.